The average molecular weight is 440 g/mol. The van der Waals surface area contributed by atoms with Gasteiger partial charge in [0.05, 0.1) is 0 Å². The fourth-order valence-electron chi connectivity index (χ4n) is 4.74. The maximum absolute atomic E-state index is 13.3. The number of carbonyl (C=O) groups excluding carboxylic acids is 1. The molecule has 2 saturated carbocycles. The van der Waals surface area contributed by atoms with Crippen LogP contribution < -0.4 is 21.7 Å². The maximum atomic E-state index is 13.3. The molecule has 2 aliphatic carbocycles. The molecule has 0 bridgehead atoms. The Kier molecular flexibility index (Phi) is 9.03. The molecular formula is C26H41N5O. The fraction of sp³-hybridized carbons (Fsp3) is 0.577. The monoisotopic (exact) mass is 439 g/mol. The van der Waals surface area contributed by atoms with Crippen LogP contribution in [0.1, 0.15) is 57.8 Å². The van der Waals surface area contributed by atoms with E-state index in [9.17, 15) is 4.79 Å². The van der Waals surface area contributed by atoms with Crippen molar-refractivity contribution >= 4 is 11.6 Å². The standard InChI is InChI=1S/C26H41N5O/c1-19(29-23-17-11-10-16-22(23)27)24(26(32)31(2)3)25(30-21-14-8-5-9-15-21)28-18-20-12-6-4-7-13-20/h5,8-9,14-15,20,22-23,28-30H,1,4,6-7,10-13,16-18,27H2,2-3H3/b25-24-. The summed E-state index contributed by atoms with van der Waals surface area (Å²) in [7, 11) is 3.56. The summed E-state index contributed by atoms with van der Waals surface area (Å²) in [5.41, 5.74) is 8.48. The van der Waals surface area contributed by atoms with Gasteiger partial charge in [-0.2, -0.15) is 0 Å². The Labute approximate surface area is 193 Å². The smallest absolute Gasteiger partial charge is 0.259 e. The maximum Gasteiger partial charge on any atom is 0.259 e. The summed E-state index contributed by atoms with van der Waals surface area (Å²) in [4.78, 5) is 15.0. The van der Waals surface area contributed by atoms with Crippen molar-refractivity contribution in [2.45, 2.75) is 69.9 Å². The second-order valence-electron chi connectivity index (χ2n) is 9.50. The van der Waals surface area contributed by atoms with Gasteiger partial charge in [0, 0.05) is 44.1 Å². The zero-order chi connectivity index (χ0) is 22.9. The molecule has 1 amide bonds. The highest BCUT2D eigenvalue weighted by Crippen LogP contribution is 2.25. The van der Waals surface area contributed by atoms with E-state index < -0.39 is 0 Å². The van der Waals surface area contributed by atoms with Crippen LogP contribution in [0.15, 0.2) is 54.0 Å². The lowest BCUT2D eigenvalue weighted by atomic mass is 9.89. The predicted molar refractivity (Wildman–Crippen MR) is 133 cm³/mol. The van der Waals surface area contributed by atoms with Crippen LogP contribution in [-0.4, -0.2) is 43.5 Å². The number of nitrogens with two attached hydrogens (primary N) is 1. The Morgan fingerprint density at radius 1 is 1.03 bits per heavy atom. The minimum absolute atomic E-state index is 0.0805. The Bertz CT molecular complexity index is 783. The van der Waals surface area contributed by atoms with Crippen molar-refractivity contribution in [3.8, 4) is 0 Å². The summed E-state index contributed by atoms with van der Waals surface area (Å²) in [5.74, 6) is 1.25. The van der Waals surface area contributed by atoms with Crippen LogP contribution in [0.3, 0.4) is 0 Å². The van der Waals surface area contributed by atoms with Crippen LogP contribution in [-0.2, 0) is 4.79 Å². The molecule has 2 atom stereocenters. The lowest BCUT2D eigenvalue weighted by Gasteiger charge is -2.32. The van der Waals surface area contributed by atoms with Gasteiger partial charge in [-0.15, -0.1) is 0 Å². The SMILES string of the molecule is C=C(NC1CCCCC1N)/C(C(=O)N(C)C)=C(\NCC1CCCCC1)Nc1ccccc1. The van der Waals surface area contributed by atoms with Crippen molar-refractivity contribution in [1.82, 2.24) is 15.5 Å². The Morgan fingerprint density at radius 2 is 1.69 bits per heavy atom. The number of hydrogen-bond donors (Lipinski definition) is 4. The molecule has 5 N–H and O–H groups in total. The first-order chi connectivity index (χ1) is 15.5. The third-order valence-electron chi connectivity index (χ3n) is 6.69. The summed E-state index contributed by atoms with van der Waals surface area (Å²) in [6.45, 7) is 5.14. The Morgan fingerprint density at radius 3 is 2.34 bits per heavy atom. The van der Waals surface area contributed by atoms with Gasteiger partial charge in [-0.05, 0) is 43.7 Å². The highest BCUT2D eigenvalue weighted by molar-refractivity contribution is 5.98. The minimum atomic E-state index is -0.0820. The molecule has 0 radical (unpaired) electrons. The van der Waals surface area contributed by atoms with Crippen molar-refractivity contribution in [3.63, 3.8) is 0 Å². The van der Waals surface area contributed by atoms with Gasteiger partial charge in [0.2, 0.25) is 0 Å². The fourth-order valence-corrected chi connectivity index (χ4v) is 4.74. The second-order valence-corrected chi connectivity index (χ2v) is 9.50. The molecular weight excluding hydrogens is 398 g/mol. The van der Waals surface area contributed by atoms with Crippen LogP contribution in [0, 0.1) is 5.92 Å². The molecule has 0 heterocycles. The van der Waals surface area contributed by atoms with E-state index in [0.29, 0.717) is 23.0 Å². The Hall–Kier alpha value is -2.47. The third-order valence-corrected chi connectivity index (χ3v) is 6.69. The molecule has 0 aromatic heterocycles. The highest BCUT2D eigenvalue weighted by Gasteiger charge is 2.27. The number of hydrogen-bond acceptors (Lipinski definition) is 5. The van der Waals surface area contributed by atoms with E-state index in [4.69, 9.17) is 5.73 Å². The first kappa shape index (κ1) is 24.2. The van der Waals surface area contributed by atoms with Gasteiger partial charge in [-0.1, -0.05) is 56.9 Å². The van der Waals surface area contributed by atoms with Crippen LogP contribution in [0.5, 0.6) is 0 Å². The third kappa shape index (κ3) is 6.76. The zero-order valence-corrected chi connectivity index (χ0v) is 19.8. The molecule has 0 spiro atoms. The van der Waals surface area contributed by atoms with Crippen molar-refractivity contribution in [2.75, 3.05) is 26.0 Å². The largest absolute Gasteiger partial charge is 0.380 e. The number of nitrogens with one attached hydrogen (secondary N) is 3. The molecule has 1 aromatic rings. The summed E-state index contributed by atoms with van der Waals surface area (Å²) < 4.78 is 0. The molecule has 6 heteroatoms. The van der Waals surface area contributed by atoms with Crippen molar-refractivity contribution in [1.29, 1.82) is 0 Å². The summed E-state index contributed by atoms with van der Waals surface area (Å²) >= 11 is 0. The number of para-hydroxylation sites is 1. The van der Waals surface area contributed by atoms with E-state index in [1.807, 2.05) is 30.3 Å². The van der Waals surface area contributed by atoms with Gasteiger partial charge in [0.1, 0.15) is 11.4 Å². The van der Waals surface area contributed by atoms with Gasteiger partial charge < -0.3 is 26.6 Å². The molecule has 0 aliphatic heterocycles. The van der Waals surface area contributed by atoms with Crippen LogP contribution in [0.2, 0.25) is 0 Å². The van der Waals surface area contributed by atoms with Gasteiger partial charge in [0.25, 0.3) is 5.91 Å². The quantitative estimate of drug-likeness (QED) is 0.346. The highest BCUT2D eigenvalue weighted by atomic mass is 16.2. The van der Waals surface area contributed by atoms with Crippen LogP contribution >= 0.6 is 0 Å². The molecule has 3 rings (SSSR count). The molecule has 32 heavy (non-hydrogen) atoms. The minimum Gasteiger partial charge on any atom is -0.380 e. The predicted octanol–water partition coefficient (Wildman–Crippen LogP) is 3.94. The van der Waals surface area contributed by atoms with E-state index in [0.717, 1.165) is 37.9 Å². The van der Waals surface area contributed by atoms with Crippen LogP contribution in [0.25, 0.3) is 0 Å². The lowest BCUT2D eigenvalue weighted by Crippen LogP contribution is -2.47. The first-order valence-electron chi connectivity index (χ1n) is 12.2. The van der Waals surface area contributed by atoms with Gasteiger partial charge >= 0.3 is 0 Å². The number of carbonyl (C=O) groups is 1. The van der Waals surface area contributed by atoms with Gasteiger partial charge in [0.15, 0.2) is 0 Å². The molecule has 6 nitrogen and oxygen atoms in total. The van der Waals surface area contributed by atoms with Crippen molar-refractivity contribution in [2.24, 2.45) is 11.7 Å². The summed E-state index contributed by atoms with van der Waals surface area (Å²) in [5, 5.41) is 10.6. The summed E-state index contributed by atoms with van der Waals surface area (Å²) in [6.07, 6.45) is 10.7. The Balaban J connectivity index is 1.89. The molecule has 1 aromatic carbocycles. The topological polar surface area (TPSA) is 82.4 Å². The molecule has 2 aliphatic rings. The van der Waals surface area contributed by atoms with Crippen LogP contribution in [0.4, 0.5) is 5.69 Å². The number of nitrogens with zero attached hydrogens (tertiary/aromatic N) is 1. The van der Waals surface area contributed by atoms with Crippen molar-refractivity contribution < 1.29 is 4.79 Å². The van der Waals surface area contributed by atoms with E-state index in [2.05, 4.69) is 22.5 Å². The van der Waals surface area contributed by atoms with E-state index in [-0.39, 0.29) is 18.0 Å². The van der Waals surface area contributed by atoms with Crippen molar-refractivity contribution in [3.05, 3.63) is 54.0 Å². The van der Waals surface area contributed by atoms with Gasteiger partial charge in [-0.25, -0.2) is 0 Å². The molecule has 0 saturated heterocycles. The summed E-state index contributed by atoms with van der Waals surface area (Å²) in [6, 6.07) is 10.2. The average Bonchev–Trinajstić information content (AvgIpc) is 2.80. The zero-order valence-electron chi connectivity index (χ0n) is 19.8. The lowest BCUT2D eigenvalue weighted by molar-refractivity contribution is -0.124. The molecule has 2 unspecified atom stereocenters. The number of anilines is 1. The van der Waals surface area contributed by atoms with E-state index >= 15 is 0 Å². The molecule has 176 valence electrons. The number of rotatable bonds is 9. The molecule has 2 fully saturated rings. The van der Waals surface area contributed by atoms with Gasteiger partial charge in [-0.3, -0.25) is 4.79 Å². The van der Waals surface area contributed by atoms with E-state index in [1.54, 1.807) is 19.0 Å². The number of benzene rings is 1. The number of amides is 1. The van der Waals surface area contributed by atoms with E-state index in [1.165, 1.54) is 32.1 Å². The second kappa shape index (κ2) is 12.0. The first-order valence-corrected chi connectivity index (χ1v) is 12.2. The normalized spacial score (nSPS) is 22.5. The number of likely N-dealkylation sites (N-methyl/N-ethyl adjacent to an activating group) is 1.